The van der Waals surface area contributed by atoms with Gasteiger partial charge in [-0.3, -0.25) is 10.1 Å². The fourth-order valence-electron chi connectivity index (χ4n) is 1.27. The molecule has 0 aliphatic carbocycles. The van der Waals surface area contributed by atoms with Crippen LogP contribution >= 0.6 is 11.8 Å². The molecule has 0 unspecified atom stereocenters. The lowest BCUT2D eigenvalue weighted by Gasteiger charge is -2.06. The number of rotatable bonds is 4. The fraction of sp³-hybridized carbons (Fsp3) is 0.333. The third kappa shape index (κ3) is 4.67. The molecule has 1 aromatic carbocycles. The van der Waals surface area contributed by atoms with Gasteiger partial charge in [0.2, 0.25) is 5.91 Å². The molecule has 3 amide bonds. The van der Waals surface area contributed by atoms with Crippen LogP contribution in [0.2, 0.25) is 0 Å². The molecule has 0 atom stereocenters. The van der Waals surface area contributed by atoms with E-state index in [1.54, 1.807) is 0 Å². The fourth-order valence-corrected chi connectivity index (χ4v) is 2.28. The molecular formula is C12H17N3O2S. The number of benzene rings is 1. The number of hydrogen-bond donors (Lipinski definition) is 3. The van der Waals surface area contributed by atoms with Gasteiger partial charge in [0.1, 0.15) is 0 Å². The van der Waals surface area contributed by atoms with E-state index < -0.39 is 6.03 Å². The SMILES string of the molecule is CNC(=O)NC(=O)CCSc1cc(C)ccc1N. The molecule has 0 fully saturated rings. The second-order valence-corrected chi connectivity index (χ2v) is 4.90. The zero-order chi connectivity index (χ0) is 13.5. The van der Waals surface area contributed by atoms with Crippen LogP contribution < -0.4 is 16.4 Å². The molecule has 0 aliphatic rings. The number of nitrogens with two attached hydrogens (primary N) is 1. The van der Waals surface area contributed by atoms with Crippen LogP contribution in [0, 0.1) is 6.92 Å². The highest BCUT2D eigenvalue weighted by molar-refractivity contribution is 7.99. The van der Waals surface area contributed by atoms with Crippen LogP contribution in [-0.4, -0.2) is 24.7 Å². The summed E-state index contributed by atoms with van der Waals surface area (Å²) in [5.74, 6) is 0.282. The Balaban J connectivity index is 2.39. The van der Waals surface area contributed by atoms with Crippen LogP contribution in [0.4, 0.5) is 10.5 Å². The first-order valence-corrected chi connectivity index (χ1v) is 6.52. The predicted octanol–water partition coefficient (Wildman–Crippen LogP) is 1.52. The van der Waals surface area contributed by atoms with Crippen LogP contribution in [0.25, 0.3) is 0 Å². The maximum Gasteiger partial charge on any atom is 0.321 e. The Bertz CT molecular complexity index is 449. The molecule has 5 nitrogen and oxygen atoms in total. The first kappa shape index (κ1) is 14.4. The molecule has 0 bridgehead atoms. The largest absolute Gasteiger partial charge is 0.398 e. The molecule has 0 spiro atoms. The van der Waals surface area contributed by atoms with Crippen LogP contribution in [0.3, 0.4) is 0 Å². The quantitative estimate of drug-likeness (QED) is 0.570. The second-order valence-electron chi connectivity index (χ2n) is 3.77. The molecule has 0 heterocycles. The third-order valence-electron chi connectivity index (χ3n) is 2.24. The van der Waals surface area contributed by atoms with E-state index in [0.717, 1.165) is 10.5 Å². The summed E-state index contributed by atoms with van der Waals surface area (Å²) in [5, 5.41) is 4.53. The van der Waals surface area contributed by atoms with Crippen molar-refractivity contribution in [3.05, 3.63) is 23.8 Å². The summed E-state index contributed by atoms with van der Waals surface area (Å²) in [6.45, 7) is 1.99. The lowest BCUT2D eigenvalue weighted by molar-refractivity contribution is -0.119. The summed E-state index contributed by atoms with van der Waals surface area (Å²) in [6.07, 6.45) is 0.269. The highest BCUT2D eigenvalue weighted by Crippen LogP contribution is 2.26. The first-order chi connectivity index (χ1) is 8.52. The topological polar surface area (TPSA) is 84.2 Å². The normalized spacial score (nSPS) is 9.89. The van der Waals surface area contributed by atoms with Gasteiger partial charge in [-0.25, -0.2) is 4.79 Å². The van der Waals surface area contributed by atoms with E-state index >= 15 is 0 Å². The van der Waals surface area contributed by atoms with Crippen LogP contribution in [0.15, 0.2) is 23.1 Å². The molecule has 6 heteroatoms. The smallest absolute Gasteiger partial charge is 0.321 e. The summed E-state index contributed by atoms with van der Waals surface area (Å²) in [7, 11) is 1.46. The van der Waals surface area contributed by atoms with Crippen LogP contribution in [0.5, 0.6) is 0 Å². The summed E-state index contributed by atoms with van der Waals surface area (Å²) in [6, 6.07) is 5.29. The zero-order valence-corrected chi connectivity index (χ0v) is 11.3. The van der Waals surface area contributed by atoms with Gasteiger partial charge in [-0.2, -0.15) is 0 Å². The average Bonchev–Trinajstić information content (AvgIpc) is 2.33. The monoisotopic (exact) mass is 267 g/mol. The Morgan fingerprint density at radius 2 is 2.11 bits per heavy atom. The van der Waals surface area contributed by atoms with E-state index in [1.165, 1.54) is 18.8 Å². The number of nitrogen functional groups attached to an aromatic ring is 1. The van der Waals surface area contributed by atoms with Crippen molar-refractivity contribution >= 4 is 29.4 Å². The molecule has 0 saturated carbocycles. The van der Waals surface area contributed by atoms with Crippen molar-refractivity contribution in [3.8, 4) is 0 Å². The number of carbonyl (C=O) groups is 2. The number of urea groups is 1. The van der Waals surface area contributed by atoms with Crippen molar-refractivity contribution in [1.29, 1.82) is 0 Å². The number of aryl methyl sites for hydroxylation is 1. The average molecular weight is 267 g/mol. The second kappa shape index (κ2) is 6.90. The maximum atomic E-state index is 11.3. The van der Waals surface area contributed by atoms with Gasteiger partial charge in [0.05, 0.1) is 0 Å². The zero-order valence-electron chi connectivity index (χ0n) is 10.4. The number of nitrogens with one attached hydrogen (secondary N) is 2. The van der Waals surface area contributed by atoms with E-state index in [9.17, 15) is 9.59 Å². The van der Waals surface area contributed by atoms with E-state index in [4.69, 9.17) is 5.73 Å². The molecule has 4 N–H and O–H groups in total. The summed E-state index contributed by atoms with van der Waals surface area (Å²) in [4.78, 5) is 23.2. The first-order valence-electron chi connectivity index (χ1n) is 5.53. The Morgan fingerprint density at radius 1 is 1.39 bits per heavy atom. The molecule has 0 aliphatic heterocycles. The Kier molecular flexibility index (Phi) is 5.51. The number of imide groups is 1. The Morgan fingerprint density at radius 3 is 2.78 bits per heavy atom. The van der Waals surface area contributed by atoms with E-state index in [2.05, 4.69) is 10.6 Å². The molecule has 0 saturated heterocycles. The maximum absolute atomic E-state index is 11.3. The highest BCUT2D eigenvalue weighted by atomic mass is 32.2. The van der Waals surface area contributed by atoms with E-state index in [0.29, 0.717) is 11.4 Å². The number of amides is 3. The lowest BCUT2D eigenvalue weighted by Crippen LogP contribution is -2.37. The van der Waals surface area contributed by atoms with Crippen molar-refractivity contribution in [3.63, 3.8) is 0 Å². The highest BCUT2D eigenvalue weighted by Gasteiger charge is 2.06. The lowest BCUT2D eigenvalue weighted by atomic mass is 10.2. The van der Waals surface area contributed by atoms with Crippen molar-refractivity contribution in [2.75, 3.05) is 18.5 Å². The predicted molar refractivity (Wildman–Crippen MR) is 73.5 cm³/mol. The minimum Gasteiger partial charge on any atom is -0.398 e. The molecule has 1 rings (SSSR count). The van der Waals surface area contributed by atoms with Crippen molar-refractivity contribution in [1.82, 2.24) is 10.6 Å². The standard InChI is InChI=1S/C12H17N3O2S/c1-8-3-4-9(13)10(7-8)18-6-5-11(16)15-12(17)14-2/h3-4,7H,5-6,13H2,1-2H3,(H2,14,15,16,17). The van der Waals surface area contributed by atoms with Gasteiger partial charge < -0.3 is 11.1 Å². The molecule has 1 aromatic rings. The van der Waals surface area contributed by atoms with E-state index in [1.807, 2.05) is 25.1 Å². The van der Waals surface area contributed by atoms with E-state index in [-0.39, 0.29) is 12.3 Å². The van der Waals surface area contributed by atoms with Crippen molar-refractivity contribution in [2.45, 2.75) is 18.2 Å². The Hall–Kier alpha value is -1.69. The van der Waals surface area contributed by atoms with Gasteiger partial charge in [0.15, 0.2) is 0 Å². The summed E-state index contributed by atoms with van der Waals surface area (Å²) < 4.78 is 0. The summed E-state index contributed by atoms with van der Waals surface area (Å²) in [5.41, 5.74) is 7.66. The van der Waals surface area contributed by atoms with Crippen LogP contribution in [0.1, 0.15) is 12.0 Å². The minimum atomic E-state index is -0.486. The number of hydrogen-bond acceptors (Lipinski definition) is 4. The minimum absolute atomic E-state index is 0.269. The molecular weight excluding hydrogens is 250 g/mol. The number of carbonyl (C=O) groups excluding carboxylic acids is 2. The third-order valence-corrected chi connectivity index (χ3v) is 3.31. The molecule has 0 radical (unpaired) electrons. The number of thioether (sulfide) groups is 1. The molecule has 0 aromatic heterocycles. The van der Waals surface area contributed by atoms with Gasteiger partial charge in [0.25, 0.3) is 0 Å². The van der Waals surface area contributed by atoms with Crippen LogP contribution in [-0.2, 0) is 4.79 Å². The van der Waals surface area contributed by atoms with Gasteiger partial charge >= 0.3 is 6.03 Å². The number of anilines is 1. The van der Waals surface area contributed by atoms with Gasteiger partial charge in [0, 0.05) is 29.8 Å². The van der Waals surface area contributed by atoms with Gasteiger partial charge in [-0.1, -0.05) is 6.07 Å². The Labute approximate surface area is 111 Å². The van der Waals surface area contributed by atoms with Gasteiger partial charge in [-0.05, 0) is 24.6 Å². The van der Waals surface area contributed by atoms with Crippen molar-refractivity contribution < 1.29 is 9.59 Å². The van der Waals surface area contributed by atoms with Crippen molar-refractivity contribution in [2.24, 2.45) is 0 Å². The molecule has 18 heavy (non-hydrogen) atoms. The van der Waals surface area contributed by atoms with Gasteiger partial charge in [-0.15, -0.1) is 11.8 Å². The summed E-state index contributed by atoms with van der Waals surface area (Å²) >= 11 is 1.51. The molecule has 98 valence electrons.